The van der Waals surface area contributed by atoms with E-state index < -0.39 is 0 Å². The Morgan fingerprint density at radius 3 is 1.88 bits per heavy atom. The topological polar surface area (TPSA) is 29.3 Å². The van der Waals surface area contributed by atoms with Gasteiger partial charge in [0.05, 0.1) is 0 Å². The highest BCUT2D eigenvalue weighted by Crippen LogP contribution is 2.28. The summed E-state index contributed by atoms with van der Waals surface area (Å²) in [4.78, 5) is 2.78. The van der Waals surface area contributed by atoms with Crippen molar-refractivity contribution < 1.29 is 0 Å². The summed E-state index contributed by atoms with van der Waals surface area (Å²) in [5.74, 6) is 1.86. The smallest absolute Gasteiger partial charge is 0.0234 e. The molecule has 0 radical (unpaired) electrons. The zero-order chi connectivity index (χ0) is 16.6. The lowest BCUT2D eigenvalue weighted by Crippen LogP contribution is -2.35. The van der Waals surface area contributed by atoms with Gasteiger partial charge < -0.3 is 5.73 Å². The van der Waals surface area contributed by atoms with Crippen LogP contribution in [0.1, 0.15) is 75.3 Å². The minimum Gasteiger partial charge on any atom is -0.326 e. The van der Waals surface area contributed by atoms with Crippen molar-refractivity contribution in [2.24, 2.45) is 17.6 Å². The molecule has 2 saturated carbocycles. The molecular weight excluding hydrogens is 292 g/mol. The lowest BCUT2D eigenvalue weighted by atomic mass is 9.86. The SMILES string of the molecule is NCc1cccc(CN(CC2CCCCC2)CC2CCCCC2)c1. The largest absolute Gasteiger partial charge is 0.326 e. The minimum absolute atomic E-state index is 0.652. The van der Waals surface area contributed by atoms with Gasteiger partial charge in [-0.15, -0.1) is 0 Å². The number of nitrogens with two attached hydrogens (primary N) is 1. The normalized spacial score (nSPS) is 20.6. The molecule has 0 aliphatic heterocycles. The van der Waals surface area contributed by atoms with Gasteiger partial charge in [-0.3, -0.25) is 4.90 Å². The molecule has 0 bridgehead atoms. The fourth-order valence-corrected chi connectivity index (χ4v) is 4.79. The van der Waals surface area contributed by atoms with E-state index in [0.29, 0.717) is 6.54 Å². The maximum Gasteiger partial charge on any atom is 0.0234 e. The predicted molar refractivity (Wildman–Crippen MR) is 103 cm³/mol. The van der Waals surface area contributed by atoms with E-state index in [-0.39, 0.29) is 0 Å². The van der Waals surface area contributed by atoms with Crippen LogP contribution >= 0.6 is 0 Å². The van der Waals surface area contributed by atoms with E-state index in [1.807, 2.05) is 0 Å². The quantitative estimate of drug-likeness (QED) is 0.754. The van der Waals surface area contributed by atoms with E-state index in [9.17, 15) is 0 Å². The Morgan fingerprint density at radius 2 is 1.33 bits per heavy atom. The summed E-state index contributed by atoms with van der Waals surface area (Å²) in [5.41, 5.74) is 8.55. The minimum atomic E-state index is 0.652. The fourth-order valence-electron chi connectivity index (χ4n) is 4.79. The Morgan fingerprint density at radius 1 is 0.792 bits per heavy atom. The van der Waals surface area contributed by atoms with Gasteiger partial charge in [-0.25, -0.2) is 0 Å². The number of nitrogens with zero attached hydrogens (tertiary/aromatic N) is 1. The second-order valence-electron chi connectivity index (χ2n) is 8.23. The van der Waals surface area contributed by atoms with Crippen LogP contribution in [0.25, 0.3) is 0 Å². The van der Waals surface area contributed by atoms with Crippen molar-refractivity contribution in [3.8, 4) is 0 Å². The predicted octanol–water partition coefficient (Wildman–Crippen LogP) is 5.11. The maximum atomic E-state index is 5.83. The summed E-state index contributed by atoms with van der Waals surface area (Å²) < 4.78 is 0. The Balaban J connectivity index is 1.62. The van der Waals surface area contributed by atoms with Crippen LogP contribution in [0, 0.1) is 11.8 Å². The lowest BCUT2D eigenvalue weighted by molar-refractivity contribution is 0.153. The molecule has 0 aromatic heterocycles. The van der Waals surface area contributed by atoms with E-state index in [1.165, 1.54) is 88.4 Å². The Labute approximate surface area is 148 Å². The van der Waals surface area contributed by atoms with Gasteiger partial charge >= 0.3 is 0 Å². The van der Waals surface area contributed by atoms with Gasteiger partial charge in [0, 0.05) is 26.2 Å². The number of hydrogen-bond acceptors (Lipinski definition) is 2. The monoisotopic (exact) mass is 328 g/mol. The van der Waals surface area contributed by atoms with Crippen molar-refractivity contribution in [3.05, 3.63) is 35.4 Å². The molecule has 134 valence electrons. The second-order valence-corrected chi connectivity index (χ2v) is 8.23. The summed E-state index contributed by atoms with van der Waals surface area (Å²) in [5, 5.41) is 0. The molecule has 1 aromatic carbocycles. The summed E-state index contributed by atoms with van der Waals surface area (Å²) in [6.07, 6.45) is 14.5. The first-order chi connectivity index (χ1) is 11.8. The fraction of sp³-hybridized carbons (Fsp3) is 0.727. The van der Waals surface area contributed by atoms with Gasteiger partial charge in [0.25, 0.3) is 0 Å². The van der Waals surface area contributed by atoms with Crippen molar-refractivity contribution in [1.29, 1.82) is 0 Å². The van der Waals surface area contributed by atoms with Crippen molar-refractivity contribution in [2.45, 2.75) is 77.3 Å². The van der Waals surface area contributed by atoms with Gasteiger partial charge in [-0.2, -0.15) is 0 Å². The average Bonchev–Trinajstić information content (AvgIpc) is 2.63. The second kappa shape index (κ2) is 9.58. The van der Waals surface area contributed by atoms with E-state index in [1.54, 1.807) is 0 Å². The van der Waals surface area contributed by atoms with Gasteiger partial charge in [0.2, 0.25) is 0 Å². The van der Waals surface area contributed by atoms with Crippen LogP contribution in [0.4, 0.5) is 0 Å². The van der Waals surface area contributed by atoms with Crippen LogP contribution in [0.15, 0.2) is 24.3 Å². The van der Waals surface area contributed by atoms with Crippen molar-refractivity contribution in [3.63, 3.8) is 0 Å². The highest BCUT2D eigenvalue weighted by atomic mass is 15.1. The van der Waals surface area contributed by atoms with E-state index >= 15 is 0 Å². The molecule has 24 heavy (non-hydrogen) atoms. The molecule has 2 N–H and O–H groups in total. The molecule has 2 fully saturated rings. The number of benzene rings is 1. The summed E-state index contributed by atoms with van der Waals surface area (Å²) >= 11 is 0. The highest BCUT2D eigenvalue weighted by molar-refractivity contribution is 5.23. The van der Waals surface area contributed by atoms with Crippen LogP contribution in [-0.2, 0) is 13.1 Å². The summed E-state index contributed by atoms with van der Waals surface area (Å²) in [6.45, 7) is 4.38. The first-order valence-corrected chi connectivity index (χ1v) is 10.3. The number of rotatable bonds is 7. The molecule has 2 heteroatoms. The molecule has 0 spiro atoms. The van der Waals surface area contributed by atoms with Gasteiger partial charge in [0.15, 0.2) is 0 Å². The zero-order valence-electron chi connectivity index (χ0n) is 15.4. The summed E-state index contributed by atoms with van der Waals surface area (Å²) in [6, 6.07) is 8.93. The maximum absolute atomic E-state index is 5.83. The number of hydrogen-bond donors (Lipinski definition) is 1. The van der Waals surface area contributed by atoms with Gasteiger partial charge in [-0.1, -0.05) is 62.8 Å². The zero-order valence-corrected chi connectivity index (χ0v) is 15.4. The van der Waals surface area contributed by atoms with E-state index in [2.05, 4.69) is 29.2 Å². The Hall–Kier alpha value is -0.860. The molecule has 0 amide bonds. The van der Waals surface area contributed by atoms with Crippen LogP contribution in [0.5, 0.6) is 0 Å². The Bertz CT molecular complexity index is 453. The molecule has 3 rings (SSSR count). The van der Waals surface area contributed by atoms with Gasteiger partial charge in [-0.05, 0) is 48.6 Å². The van der Waals surface area contributed by atoms with Crippen LogP contribution in [-0.4, -0.2) is 18.0 Å². The van der Waals surface area contributed by atoms with Crippen molar-refractivity contribution >= 4 is 0 Å². The third-order valence-electron chi connectivity index (χ3n) is 6.12. The van der Waals surface area contributed by atoms with Crippen LogP contribution in [0.3, 0.4) is 0 Å². The molecule has 2 nitrogen and oxygen atoms in total. The lowest BCUT2D eigenvalue weighted by Gasteiger charge is -2.33. The van der Waals surface area contributed by atoms with Crippen molar-refractivity contribution in [2.75, 3.05) is 13.1 Å². The third kappa shape index (κ3) is 5.60. The summed E-state index contributed by atoms with van der Waals surface area (Å²) in [7, 11) is 0. The molecule has 0 atom stereocenters. The highest BCUT2D eigenvalue weighted by Gasteiger charge is 2.21. The van der Waals surface area contributed by atoms with E-state index in [4.69, 9.17) is 5.73 Å². The molecule has 2 aliphatic carbocycles. The molecule has 1 aromatic rings. The first kappa shape index (κ1) is 17.9. The van der Waals surface area contributed by atoms with Crippen LogP contribution < -0.4 is 5.73 Å². The molecule has 0 unspecified atom stereocenters. The molecule has 0 saturated heterocycles. The first-order valence-electron chi connectivity index (χ1n) is 10.3. The average molecular weight is 329 g/mol. The van der Waals surface area contributed by atoms with Crippen LogP contribution in [0.2, 0.25) is 0 Å². The molecule has 2 aliphatic rings. The standard InChI is InChI=1S/C22H36N2/c23-15-21-12-7-13-22(14-21)18-24(16-19-8-3-1-4-9-19)17-20-10-5-2-6-11-20/h7,12-14,19-20H,1-6,8-11,15-18,23H2. The Kier molecular flexibility index (Phi) is 7.16. The van der Waals surface area contributed by atoms with Gasteiger partial charge in [0.1, 0.15) is 0 Å². The third-order valence-corrected chi connectivity index (χ3v) is 6.12. The molecular formula is C22H36N2. The van der Waals surface area contributed by atoms with E-state index in [0.717, 1.165) is 18.4 Å². The molecule has 0 heterocycles. The van der Waals surface area contributed by atoms with Crippen molar-refractivity contribution in [1.82, 2.24) is 4.90 Å².